The molecule has 0 spiro atoms. The Morgan fingerprint density at radius 2 is 1.30 bits per heavy atom. The van der Waals surface area contributed by atoms with Crippen LogP contribution < -0.4 is 0 Å². The number of hydrogen-bond acceptors (Lipinski definition) is 4. The smallest absolute Gasteiger partial charge is 0.317 e. The highest BCUT2D eigenvalue weighted by atomic mass is 16.4. The lowest BCUT2D eigenvalue weighted by atomic mass is 9.87. The summed E-state index contributed by atoms with van der Waals surface area (Å²) < 4.78 is 0. The predicted octanol–water partition coefficient (Wildman–Crippen LogP) is 4.98. The van der Waals surface area contributed by atoms with Gasteiger partial charge >= 0.3 is 5.97 Å². The highest BCUT2D eigenvalue weighted by Gasteiger charge is 2.35. The summed E-state index contributed by atoms with van der Waals surface area (Å²) in [4.78, 5) is 21.1. The number of nitrogens with zero attached hydrogens (tertiary/aromatic N) is 3. The van der Waals surface area contributed by atoms with Crippen LogP contribution in [0.2, 0.25) is 0 Å². The first-order chi connectivity index (χ1) is 16.2. The molecule has 1 aromatic heterocycles. The van der Waals surface area contributed by atoms with E-state index in [0.29, 0.717) is 6.54 Å². The normalized spacial score (nSPS) is 18.5. The van der Waals surface area contributed by atoms with Crippen molar-refractivity contribution in [2.24, 2.45) is 0 Å². The predicted molar refractivity (Wildman–Crippen MR) is 130 cm³/mol. The van der Waals surface area contributed by atoms with E-state index in [1.54, 1.807) is 0 Å². The van der Waals surface area contributed by atoms with Crippen LogP contribution in [0, 0.1) is 0 Å². The summed E-state index contributed by atoms with van der Waals surface area (Å²) in [5.41, 5.74) is 3.47. The average Bonchev–Trinajstić information content (AvgIpc) is 2.85. The van der Waals surface area contributed by atoms with Gasteiger partial charge in [-0.15, -0.1) is 0 Å². The summed E-state index contributed by atoms with van der Waals surface area (Å²) in [6, 6.07) is 27.3. The van der Waals surface area contributed by atoms with Gasteiger partial charge in [0.05, 0.1) is 12.2 Å². The van der Waals surface area contributed by atoms with E-state index in [-0.39, 0.29) is 18.6 Å². The lowest BCUT2D eigenvalue weighted by Crippen LogP contribution is -2.53. The molecule has 172 valence electrons. The molecule has 0 bridgehead atoms. The molecule has 1 aliphatic carbocycles. The Balaban J connectivity index is 1.62. The van der Waals surface area contributed by atoms with Gasteiger partial charge in [0, 0.05) is 37.9 Å². The average molecular weight is 444 g/mol. The van der Waals surface area contributed by atoms with Crippen LogP contribution in [0.15, 0.2) is 85.1 Å². The lowest BCUT2D eigenvalue weighted by Gasteiger charge is -2.45. The number of pyridine rings is 1. The molecule has 0 radical (unpaired) electrons. The quantitative estimate of drug-likeness (QED) is 0.479. The molecule has 0 amide bonds. The van der Waals surface area contributed by atoms with Crippen molar-refractivity contribution >= 4 is 5.97 Å². The molecule has 1 aliphatic rings. The topological polar surface area (TPSA) is 56.7 Å². The maximum absolute atomic E-state index is 11.8. The van der Waals surface area contributed by atoms with Crippen molar-refractivity contribution in [3.05, 3.63) is 102 Å². The van der Waals surface area contributed by atoms with E-state index in [1.165, 1.54) is 12.0 Å². The highest BCUT2D eigenvalue weighted by molar-refractivity contribution is 5.69. The van der Waals surface area contributed by atoms with Crippen LogP contribution in [0.5, 0.6) is 0 Å². The summed E-state index contributed by atoms with van der Waals surface area (Å²) in [5, 5.41) is 9.72. The summed E-state index contributed by atoms with van der Waals surface area (Å²) in [6.07, 6.45) is 6.23. The van der Waals surface area contributed by atoms with Gasteiger partial charge in [0.15, 0.2) is 0 Å². The number of benzene rings is 2. The number of carboxylic acids is 1. The van der Waals surface area contributed by atoms with Gasteiger partial charge in [0.2, 0.25) is 0 Å². The molecule has 5 nitrogen and oxygen atoms in total. The van der Waals surface area contributed by atoms with Crippen LogP contribution in [-0.2, 0) is 24.4 Å². The Hall–Kier alpha value is -3.02. The van der Waals surface area contributed by atoms with Gasteiger partial charge in [-0.3, -0.25) is 19.6 Å². The molecule has 4 rings (SSSR count). The number of carboxylic acid groups (broad SMARTS) is 1. The van der Waals surface area contributed by atoms with Gasteiger partial charge in [-0.05, 0) is 36.1 Å². The fraction of sp³-hybridized carbons (Fsp3) is 0.357. The monoisotopic (exact) mass is 443 g/mol. The molecule has 0 unspecified atom stereocenters. The summed E-state index contributed by atoms with van der Waals surface area (Å²) in [7, 11) is 0. The van der Waals surface area contributed by atoms with Gasteiger partial charge in [0.25, 0.3) is 0 Å². The Kier molecular flexibility index (Phi) is 8.23. The van der Waals surface area contributed by atoms with Crippen LogP contribution in [0.25, 0.3) is 0 Å². The third kappa shape index (κ3) is 6.73. The van der Waals surface area contributed by atoms with Crippen molar-refractivity contribution in [1.82, 2.24) is 14.8 Å². The SMILES string of the molecule is O=C(O)CN(Cc1ccccc1)[C@@H]1CCCC[C@H]1N(Cc1ccccc1)Cc1ccccn1. The van der Waals surface area contributed by atoms with E-state index < -0.39 is 5.97 Å². The van der Waals surface area contributed by atoms with Gasteiger partial charge < -0.3 is 5.11 Å². The first kappa shape index (κ1) is 23.1. The zero-order valence-electron chi connectivity index (χ0n) is 19.1. The number of carbonyl (C=O) groups is 1. The van der Waals surface area contributed by atoms with Crippen molar-refractivity contribution in [1.29, 1.82) is 0 Å². The second-order valence-corrected chi connectivity index (χ2v) is 8.92. The molecule has 1 saturated carbocycles. The first-order valence-electron chi connectivity index (χ1n) is 11.9. The Morgan fingerprint density at radius 3 is 1.85 bits per heavy atom. The molecular formula is C28H33N3O2. The van der Waals surface area contributed by atoms with Crippen LogP contribution >= 0.6 is 0 Å². The maximum atomic E-state index is 11.8. The number of hydrogen-bond donors (Lipinski definition) is 1. The molecule has 0 aliphatic heterocycles. The van der Waals surface area contributed by atoms with Crippen LogP contribution in [-0.4, -0.2) is 44.5 Å². The minimum Gasteiger partial charge on any atom is -0.480 e. The van der Waals surface area contributed by atoms with Crippen LogP contribution in [0.4, 0.5) is 0 Å². The second-order valence-electron chi connectivity index (χ2n) is 8.92. The Labute approximate surface area is 196 Å². The minimum atomic E-state index is -0.769. The van der Waals surface area contributed by atoms with Crippen molar-refractivity contribution in [3.8, 4) is 0 Å². The van der Waals surface area contributed by atoms with Gasteiger partial charge in [-0.1, -0.05) is 79.6 Å². The molecule has 3 aromatic rings. The number of aromatic nitrogens is 1. The van der Waals surface area contributed by atoms with Crippen molar-refractivity contribution in [3.63, 3.8) is 0 Å². The molecular weight excluding hydrogens is 410 g/mol. The van der Waals surface area contributed by atoms with Gasteiger partial charge in [-0.25, -0.2) is 0 Å². The molecule has 2 atom stereocenters. The maximum Gasteiger partial charge on any atom is 0.317 e. The molecule has 0 saturated heterocycles. The molecule has 2 aromatic carbocycles. The number of rotatable bonds is 10. The molecule has 1 heterocycles. The first-order valence-corrected chi connectivity index (χ1v) is 11.9. The molecule has 1 N–H and O–H groups in total. The highest BCUT2D eigenvalue weighted by Crippen LogP contribution is 2.30. The van der Waals surface area contributed by atoms with Crippen molar-refractivity contribution < 1.29 is 9.90 Å². The van der Waals surface area contributed by atoms with E-state index in [2.05, 4.69) is 57.2 Å². The number of aliphatic carboxylic acids is 1. The zero-order valence-corrected chi connectivity index (χ0v) is 19.1. The fourth-order valence-electron chi connectivity index (χ4n) is 5.03. The molecule has 5 heteroatoms. The van der Waals surface area contributed by atoms with E-state index >= 15 is 0 Å². The lowest BCUT2D eigenvalue weighted by molar-refractivity contribution is -0.140. The van der Waals surface area contributed by atoms with E-state index in [0.717, 1.165) is 43.6 Å². The van der Waals surface area contributed by atoms with Crippen molar-refractivity contribution in [2.45, 2.75) is 57.4 Å². The third-order valence-electron chi connectivity index (χ3n) is 6.52. The van der Waals surface area contributed by atoms with Crippen molar-refractivity contribution in [2.75, 3.05) is 6.54 Å². The van der Waals surface area contributed by atoms with Gasteiger partial charge in [0.1, 0.15) is 0 Å². The Morgan fingerprint density at radius 1 is 0.758 bits per heavy atom. The standard InChI is InChI=1S/C28H33N3O2/c32-28(33)22-31(20-24-13-5-2-6-14-24)27-17-8-7-16-26(27)30(19-23-11-3-1-4-12-23)21-25-15-9-10-18-29-25/h1-6,9-15,18,26-27H,7-8,16-17,19-22H2,(H,32,33)/t26-,27-/m1/s1. The van der Waals surface area contributed by atoms with E-state index in [9.17, 15) is 9.90 Å². The molecule has 1 fully saturated rings. The van der Waals surface area contributed by atoms with Gasteiger partial charge in [-0.2, -0.15) is 0 Å². The molecule has 33 heavy (non-hydrogen) atoms. The summed E-state index contributed by atoms with van der Waals surface area (Å²) in [6.45, 7) is 2.28. The summed E-state index contributed by atoms with van der Waals surface area (Å²) >= 11 is 0. The second kappa shape index (κ2) is 11.7. The zero-order chi connectivity index (χ0) is 22.9. The van der Waals surface area contributed by atoms with E-state index in [1.807, 2.05) is 42.6 Å². The van der Waals surface area contributed by atoms with Crippen LogP contribution in [0.3, 0.4) is 0 Å². The third-order valence-corrected chi connectivity index (χ3v) is 6.52. The Bertz CT molecular complexity index is 940. The minimum absolute atomic E-state index is 0.0544. The van der Waals surface area contributed by atoms with E-state index in [4.69, 9.17) is 0 Å². The fourth-order valence-corrected chi connectivity index (χ4v) is 5.03. The summed E-state index contributed by atoms with van der Waals surface area (Å²) in [5.74, 6) is -0.769. The van der Waals surface area contributed by atoms with Crippen LogP contribution in [0.1, 0.15) is 42.5 Å². The largest absolute Gasteiger partial charge is 0.480 e.